The molecule has 0 unspecified atom stereocenters. The number of halogens is 1. The molecule has 1 aromatic heterocycles. The first-order chi connectivity index (χ1) is 16.0. The van der Waals surface area contributed by atoms with Crippen molar-refractivity contribution in [1.29, 1.82) is 0 Å². The van der Waals surface area contributed by atoms with E-state index in [9.17, 15) is 9.59 Å². The molecule has 9 heteroatoms. The number of nitrogens with one attached hydrogen (secondary N) is 1. The predicted molar refractivity (Wildman–Crippen MR) is 123 cm³/mol. The monoisotopic (exact) mass is 488 g/mol. The van der Waals surface area contributed by atoms with E-state index in [1.807, 2.05) is 29.2 Å². The molecule has 2 heterocycles. The zero-order valence-electron chi connectivity index (χ0n) is 19.6. The Morgan fingerprint density at radius 2 is 1.62 bits per heavy atom. The van der Waals surface area contributed by atoms with Gasteiger partial charge in [0.05, 0.1) is 60.5 Å². The Hall–Kier alpha value is -3.23. The zero-order chi connectivity index (χ0) is 23.4. The third-order valence-electron chi connectivity index (χ3n) is 6.08. The number of amides is 1. The fourth-order valence-electron chi connectivity index (χ4n) is 4.20. The molecule has 1 saturated heterocycles. The van der Waals surface area contributed by atoms with Gasteiger partial charge in [0.2, 0.25) is 11.5 Å². The Bertz CT molecular complexity index is 1100. The van der Waals surface area contributed by atoms with Crippen molar-refractivity contribution in [3.05, 3.63) is 53.8 Å². The van der Waals surface area contributed by atoms with Crippen LogP contribution in [0.15, 0.2) is 46.9 Å². The number of carbonyl (C=O) groups excluding carboxylic acids is 2. The number of hydrogen-bond donors (Lipinski definition) is 1. The number of Topliss-reactive ketones (excluding diaryl/α,β-unsaturated/α-hetero) is 1. The molecule has 0 atom stereocenters. The third kappa shape index (κ3) is 5.29. The van der Waals surface area contributed by atoms with E-state index in [-0.39, 0.29) is 24.1 Å². The summed E-state index contributed by atoms with van der Waals surface area (Å²) in [7, 11) is 4.59. The van der Waals surface area contributed by atoms with Gasteiger partial charge >= 0.3 is 0 Å². The van der Waals surface area contributed by atoms with Gasteiger partial charge in [0, 0.05) is 10.9 Å². The van der Waals surface area contributed by atoms with Crippen LogP contribution in [0.5, 0.6) is 17.2 Å². The number of nitrogens with zero attached hydrogens (tertiary/aromatic N) is 1. The fraction of sp³-hybridized carbons (Fsp3) is 0.360. The summed E-state index contributed by atoms with van der Waals surface area (Å²) in [6.45, 7) is 3.50. The first kappa shape index (κ1) is 25.4. The van der Waals surface area contributed by atoms with Gasteiger partial charge in [-0.05, 0) is 24.3 Å². The largest absolute Gasteiger partial charge is 1.00 e. The van der Waals surface area contributed by atoms with E-state index in [1.165, 1.54) is 26.2 Å². The summed E-state index contributed by atoms with van der Waals surface area (Å²) in [6.07, 6.45) is 0.413. The first-order valence-electron chi connectivity index (χ1n) is 11.0. The van der Waals surface area contributed by atoms with Crippen LogP contribution in [-0.2, 0) is 0 Å². The fourth-order valence-corrected chi connectivity index (χ4v) is 4.20. The summed E-state index contributed by atoms with van der Waals surface area (Å²) in [6, 6.07) is 12.8. The maximum absolute atomic E-state index is 13.1. The highest BCUT2D eigenvalue weighted by Gasteiger charge is 2.27. The minimum atomic E-state index is -0.0772. The molecule has 2 aromatic carbocycles. The van der Waals surface area contributed by atoms with Crippen LogP contribution in [0.4, 0.5) is 0 Å². The SMILES string of the molecule is COc1cc(C(=O)N2CC[NH+](CCC(=O)c3cc4ccccc4o3)CC2)cc(OC)c1OC.[Cl-]. The molecule has 0 aliphatic carbocycles. The number of quaternary nitrogens is 1. The van der Waals surface area contributed by atoms with Crippen LogP contribution >= 0.6 is 0 Å². The second-order valence-corrected chi connectivity index (χ2v) is 8.03. The van der Waals surface area contributed by atoms with Gasteiger partial charge in [-0.15, -0.1) is 0 Å². The molecule has 1 amide bonds. The number of para-hydroxylation sites is 1. The van der Waals surface area contributed by atoms with Crippen LogP contribution in [0.3, 0.4) is 0 Å². The Morgan fingerprint density at radius 3 is 2.21 bits per heavy atom. The van der Waals surface area contributed by atoms with Gasteiger partial charge in [-0.3, -0.25) is 9.59 Å². The third-order valence-corrected chi connectivity index (χ3v) is 6.08. The minimum absolute atomic E-state index is 0. The maximum Gasteiger partial charge on any atom is 0.254 e. The number of ketones is 1. The molecule has 182 valence electrons. The van der Waals surface area contributed by atoms with Crippen LogP contribution in [0.2, 0.25) is 0 Å². The second-order valence-electron chi connectivity index (χ2n) is 8.03. The van der Waals surface area contributed by atoms with Crippen molar-refractivity contribution in [3.63, 3.8) is 0 Å². The maximum atomic E-state index is 13.1. The number of benzene rings is 2. The van der Waals surface area contributed by atoms with E-state index in [0.29, 0.717) is 54.6 Å². The Labute approximate surface area is 204 Å². The molecule has 1 aliphatic heterocycles. The number of rotatable bonds is 8. The summed E-state index contributed by atoms with van der Waals surface area (Å²) < 4.78 is 21.7. The molecule has 8 nitrogen and oxygen atoms in total. The van der Waals surface area contributed by atoms with Crippen molar-refractivity contribution in [2.24, 2.45) is 0 Å². The van der Waals surface area contributed by atoms with E-state index >= 15 is 0 Å². The van der Waals surface area contributed by atoms with Gasteiger partial charge in [0.1, 0.15) is 5.58 Å². The first-order valence-corrected chi connectivity index (χ1v) is 11.0. The molecular weight excluding hydrogens is 460 g/mol. The predicted octanol–water partition coefficient (Wildman–Crippen LogP) is -0.924. The van der Waals surface area contributed by atoms with Crippen LogP contribution in [0.25, 0.3) is 11.0 Å². The number of methoxy groups -OCH3 is 3. The molecule has 34 heavy (non-hydrogen) atoms. The van der Waals surface area contributed by atoms with Gasteiger partial charge in [-0.1, -0.05) is 18.2 Å². The standard InChI is InChI=1S/C25H28N2O6.ClH/c1-30-22-15-18(16-23(31-2)24(22)32-3)25(29)27-12-10-26(11-13-27)9-8-19(28)21-14-17-6-4-5-7-20(17)33-21;/h4-7,14-16H,8-13H2,1-3H3;1H. The minimum Gasteiger partial charge on any atom is -1.00 e. The molecule has 0 spiro atoms. The summed E-state index contributed by atoms with van der Waals surface area (Å²) in [5.74, 6) is 1.70. The highest BCUT2D eigenvalue weighted by molar-refractivity contribution is 5.97. The average Bonchev–Trinajstić information content (AvgIpc) is 3.30. The van der Waals surface area contributed by atoms with E-state index in [0.717, 1.165) is 24.1 Å². The zero-order valence-corrected chi connectivity index (χ0v) is 20.3. The Balaban J connectivity index is 0.00000324. The summed E-state index contributed by atoms with van der Waals surface area (Å²) in [4.78, 5) is 28.8. The molecule has 1 aliphatic rings. The number of fused-ring (bicyclic) bond motifs is 1. The van der Waals surface area contributed by atoms with Gasteiger partial charge in [0.25, 0.3) is 5.91 Å². The van der Waals surface area contributed by atoms with Gasteiger partial charge < -0.3 is 40.8 Å². The van der Waals surface area contributed by atoms with E-state index in [1.54, 1.807) is 18.2 Å². The smallest absolute Gasteiger partial charge is 0.254 e. The lowest BCUT2D eigenvalue weighted by Crippen LogP contribution is -3.14. The quantitative estimate of drug-likeness (QED) is 0.413. The van der Waals surface area contributed by atoms with Crippen molar-refractivity contribution in [2.45, 2.75) is 6.42 Å². The van der Waals surface area contributed by atoms with Crippen LogP contribution in [0.1, 0.15) is 27.3 Å². The number of ether oxygens (including phenoxy) is 3. The van der Waals surface area contributed by atoms with Gasteiger partial charge in [0.15, 0.2) is 17.3 Å². The summed E-state index contributed by atoms with van der Waals surface area (Å²) in [5, 5.41) is 0.937. The number of furan rings is 1. The molecule has 1 fully saturated rings. The van der Waals surface area contributed by atoms with Crippen LogP contribution < -0.4 is 31.5 Å². The average molecular weight is 489 g/mol. The van der Waals surface area contributed by atoms with Crippen molar-refractivity contribution in [1.82, 2.24) is 4.90 Å². The summed E-state index contributed by atoms with van der Waals surface area (Å²) >= 11 is 0. The molecule has 3 aromatic rings. The highest BCUT2D eigenvalue weighted by atomic mass is 35.5. The Morgan fingerprint density at radius 1 is 0.971 bits per heavy atom. The van der Waals surface area contributed by atoms with Crippen molar-refractivity contribution >= 4 is 22.7 Å². The molecular formula is C25H29ClN2O6. The molecule has 0 bridgehead atoms. The lowest BCUT2D eigenvalue weighted by Gasteiger charge is -2.32. The van der Waals surface area contributed by atoms with E-state index in [4.69, 9.17) is 18.6 Å². The topological polar surface area (TPSA) is 82.7 Å². The highest BCUT2D eigenvalue weighted by Crippen LogP contribution is 2.38. The molecule has 0 saturated carbocycles. The van der Waals surface area contributed by atoms with Crippen LogP contribution in [0, 0.1) is 0 Å². The van der Waals surface area contributed by atoms with Crippen molar-refractivity contribution in [3.8, 4) is 17.2 Å². The van der Waals surface area contributed by atoms with E-state index in [2.05, 4.69) is 0 Å². The van der Waals surface area contributed by atoms with Crippen LogP contribution in [-0.4, -0.2) is 70.6 Å². The summed E-state index contributed by atoms with van der Waals surface area (Å²) in [5.41, 5.74) is 1.22. The lowest BCUT2D eigenvalue weighted by atomic mass is 10.1. The van der Waals surface area contributed by atoms with E-state index < -0.39 is 0 Å². The lowest BCUT2D eigenvalue weighted by molar-refractivity contribution is -0.903. The van der Waals surface area contributed by atoms with Gasteiger partial charge in [-0.25, -0.2) is 0 Å². The second kappa shape index (κ2) is 11.3. The molecule has 4 rings (SSSR count). The number of carbonyl (C=O) groups is 2. The molecule has 0 radical (unpaired) electrons. The normalized spacial score (nSPS) is 13.9. The van der Waals surface area contributed by atoms with Crippen molar-refractivity contribution < 1.29 is 45.5 Å². The molecule has 1 N–H and O–H groups in total. The Kier molecular flexibility index (Phi) is 8.41. The number of piperazine rings is 1. The number of hydrogen-bond acceptors (Lipinski definition) is 6. The van der Waals surface area contributed by atoms with Gasteiger partial charge in [-0.2, -0.15) is 0 Å². The van der Waals surface area contributed by atoms with Crippen molar-refractivity contribution in [2.75, 3.05) is 54.1 Å².